The molecule has 0 bridgehead atoms. The van der Waals surface area contributed by atoms with Gasteiger partial charge in [-0.2, -0.15) is 0 Å². The van der Waals surface area contributed by atoms with E-state index in [2.05, 4.69) is 165 Å². The molecule has 9 aromatic rings. The molecule has 0 aliphatic carbocycles. The first kappa shape index (κ1) is 41.8. The number of hydrogen-bond acceptors (Lipinski definition) is 1. The molecule has 1 heterocycles. The quantitative estimate of drug-likeness (QED) is 0.114. The summed E-state index contributed by atoms with van der Waals surface area (Å²) in [5.41, 5.74) is 16.6. The normalized spacial score (nSPS) is 11.4. The summed E-state index contributed by atoms with van der Waals surface area (Å²) in [7, 11) is 0. The second-order valence-electron chi connectivity index (χ2n) is 14.9. The van der Waals surface area contributed by atoms with Crippen LogP contribution in [0.4, 0.5) is 0 Å². The minimum atomic E-state index is 0.613. The molecule has 0 saturated carbocycles. The average molecular weight is 792 g/mol. The van der Waals surface area contributed by atoms with Crippen molar-refractivity contribution in [2.24, 2.45) is 9.98 Å². The molecule has 1 aromatic heterocycles. The average Bonchev–Trinajstić information content (AvgIpc) is 3.64. The van der Waals surface area contributed by atoms with Crippen molar-refractivity contribution in [2.45, 2.75) is 41.5 Å². The van der Waals surface area contributed by atoms with E-state index in [0.717, 1.165) is 39.1 Å². The van der Waals surface area contributed by atoms with Crippen molar-refractivity contribution in [1.82, 2.24) is 4.57 Å². The van der Waals surface area contributed by atoms with Gasteiger partial charge in [0.05, 0.1) is 16.7 Å². The fourth-order valence-electron chi connectivity index (χ4n) is 7.59. The van der Waals surface area contributed by atoms with Gasteiger partial charge >= 0.3 is 0 Å². The van der Waals surface area contributed by atoms with Gasteiger partial charge in [0.2, 0.25) is 0 Å². The second-order valence-corrected chi connectivity index (χ2v) is 14.9. The number of fused-ring (bicyclic) bond motifs is 3. The Labute approximate surface area is 361 Å². The van der Waals surface area contributed by atoms with Gasteiger partial charge in [0, 0.05) is 27.7 Å². The van der Waals surface area contributed by atoms with Crippen molar-refractivity contribution in [3.63, 3.8) is 0 Å². The number of nitrogens with zero attached hydrogens (tertiary/aromatic N) is 3. The summed E-state index contributed by atoms with van der Waals surface area (Å²) in [6.45, 7) is 16.8. The molecule has 0 unspecified atom stereocenters. The van der Waals surface area contributed by atoms with Crippen molar-refractivity contribution < 1.29 is 0 Å². The monoisotopic (exact) mass is 791 g/mol. The number of benzene rings is 8. The van der Waals surface area contributed by atoms with Crippen LogP contribution in [0.3, 0.4) is 0 Å². The Kier molecular flexibility index (Phi) is 13.4. The number of hydrogen-bond donors (Lipinski definition) is 0. The maximum Gasteiger partial charge on any atom is 0.160 e. The molecule has 3 heteroatoms. The number of rotatable bonds is 7. The maximum absolute atomic E-state index is 5.13. The van der Waals surface area contributed by atoms with Crippen LogP contribution in [0.1, 0.15) is 54.2 Å². The fraction of sp³-hybridized carbons (Fsp3) is 0.103. The van der Waals surface area contributed by atoms with Crippen LogP contribution in [0.5, 0.6) is 0 Å². The SMILES string of the molecule is C=C(N=C(N=C(C)c1ccccc1)c1cccc(-n2c3ccccc3c3ccc(-c4ccc(C)c(-c5ccccc5C)c4)cc32)c1)c1ccccc1.CC.Cc1ccccc1. The Bertz CT molecular complexity index is 2970. The highest BCUT2D eigenvalue weighted by atomic mass is 15.0. The molecular weight excluding hydrogens is 739 g/mol. The Morgan fingerprint density at radius 1 is 0.443 bits per heavy atom. The van der Waals surface area contributed by atoms with E-state index in [0.29, 0.717) is 11.5 Å². The molecule has 0 fully saturated rings. The van der Waals surface area contributed by atoms with Crippen molar-refractivity contribution in [2.75, 3.05) is 0 Å². The summed E-state index contributed by atoms with van der Waals surface area (Å²) in [6.07, 6.45) is 0. The van der Waals surface area contributed by atoms with Gasteiger partial charge in [0.25, 0.3) is 0 Å². The summed E-state index contributed by atoms with van der Waals surface area (Å²) in [5.74, 6) is 0.613. The lowest BCUT2D eigenvalue weighted by atomic mass is 9.92. The molecule has 8 aromatic carbocycles. The summed E-state index contributed by atoms with van der Waals surface area (Å²) in [4.78, 5) is 10.2. The molecule has 0 radical (unpaired) electrons. The molecular formula is C58H53N3. The van der Waals surface area contributed by atoms with Gasteiger partial charge in [0.1, 0.15) is 0 Å². The minimum Gasteiger partial charge on any atom is -0.309 e. The number of aryl methyl sites for hydroxylation is 3. The fourth-order valence-corrected chi connectivity index (χ4v) is 7.59. The summed E-state index contributed by atoms with van der Waals surface area (Å²) >= 11 is 0. The first-order valence-corrected chi connectivity index (χ1v) is 21.1. The van der Waals surface area contributed by atoms with Gasteiger partial charge < -0.3 is 4.57 Å². The Morgan fingerprint density at radius 2 is 1.00 bits per heavy atom. The molecule has 0 spiro atoms. The lowest BCUT2D eigenvalue weighted by Crippen LogP contribution is -2.05. The highest BCUT2D eigenvalue weighted by molar-refractivity contribution is 6.13. The topological polar surface area (TPSA) is 29.6 Å². The zero-order valence-electron chi connectivity index (χ0n) is 36.1. The van der Waals surface area contributed by atoms with Gasteiger partial charge in [-0.3, -0.25) is 0 Å². The van der Waals surface area contributed by atoms with Crippen LogP contribution in [0, 0.1) is 20.8 Å². The molecule has 0 aliphatic heterocycles. The van der Waals surface area contributed by atoms with Crippen LogP contribution in [-0.4, -0.2) is 16.1 Å². The lowest BCUT2D eigenvalue weighted by Gasteiger charge is -2.13. The summed E-state index contributed by atoms with van der Waals surface area (Å²) < 4.78 is 2.37. The van der Waals surface area contributed by atoms with Crippen molar-refractivity contribution >= 4 is 39.1 Å². The molecule has 61 heavy (non-hydrogen) atoms. The van der Waals surface area contributed by atoms with Gasteiger partial charge in [0.15, 0.2) is 5.84 Å². The second kappa shape index (κ2) is 19.6. The molecule has 0 N–H and O–H groups in total. The molecule has 300 valence electrons. The van der Waals surface area contributed by atoms with Crippen LogP contribution < -0.4 is 0 Å². The van der Waals surface area contributed by atoms with Gasteiger partial charge in [-0.05, 0) is 103 Å². The molecule has 0 saturated heterocycles. The predicted molar refractivity (Wildman–Crippen MR) is 264 cm³/mol. The third-order valence-electron chi connectivity index (χ3n) is 10.8. The highest BCUT2D eigenvalue weighted by Gasteiger charge is 2.16. The van der Waals surface area contributed by atoms with E-state index in [1.54, 1.807) is 0 Å². The Morgan fingerprint density at radius 3 is 1.69 bits per heavy atom. The van der Waals surface area contributed by atoms with E-state index >= 15 is 0 Å². The van der Waals surface area contributed by atoms with Crippen molar-refractivity contribution in [1.29, 1.82) is 0 Å². The van der Waals surface area contributed by atoms with E-state index in [1.807, 2.05) is 87.5 Å². The number of amidine groups is 1. The summed E-state index contributed by atoms with van der Waals surface area (Å²) in [6, 6.07) is 70.0. The zero-order valence-corrected chi connectivity index (χ0v) is 36.1. The van der Waals surface area contributed by atoms with E-state index in [4.69, 9.17) is 9.98 Å². The van der Waals surface area contributed by atoms with E-state index in [-0.39, 0.29) is 0 Å². The first-order valence-electron chi connectivity index (χ1n) is 21.1. The van der Waals surface area contributed by atoms with Gasteiger partial charge in [-0.1, -0.05) is 196 Å². The maximum atomic E-state index is 5.13. The molecule has 0 aliphatic rings. The smallest absolute Gasteiger partial charge is 0.160 e. The Balaban J connectivity index is 0.000000561. The first-order chi connectivity index (χ1) is 29.8. The third kappa shape index (κ3) is 9.59. The molecule has 3 nitrogen and oxygen atoms in total. The number of para-hydroxylation sites is 1. The third-order valence-corrected chi connectivity index (χ3v) is 10.8. The number of aliphatic imine (C=N–C) groups is 2. The van der Waals surface area contributed by atoms with Crippen molar-refractivity contribution in [3.8, 4) is 27.9 Å². The molecule has 9 rings (SSSR count). The number of aromatic nitrogens is 1. The van der Waals surface area contributed by atoms with Crippen LogP contribution in [-0.2, 0) is 0 Å². The van der Waals surface area contributed by atoms with Gasteiger partial charge in [-0.25, -0.2) is 9.98 Å². The molecule has 0 atom stereocenters. The summed E-state index contributed by atoms with van der Waals surface area (Å²) in [5, 5.41) is 2.42. The zero-order chi connectivity index (χ0) is 42.7. The van der Waals surface area contributed by atoms with Crippen LogP contribution >= 0.6 is 0 Å². The minimum absolute atomic E-state index is 0.613. The predicted octanol–water partition coefficient (Wildman–Crippen LogP) is 15.7. The highest BCUT2D eigenvalue weighted by Crippen LogP contribution is 2.37. The van der Waals surface area contributed by atoms with Crippen LogP contribution in [0.25, 0.3) is 55.4 Å². The lowest BCUT2D eigenvalue weighted by molar-refractivity contribution is 1.18. The van der Waals surface area contributed by atoms with Crippen LogP contribution in [0.2, 0.25) is 0 Å². The van der Waals surface area contributed by atoms with Crippen LogP contribution in [0.15, 0.2) is 217 Å². The largest absolute Gasteiger partial charge is 0.309 e. The van der Waals surface area contributed by atoms with E-state index in [9.17, 15) is 0 Å². The van der Waals surface area contributed by atoms with Gasteiger partial charge in [-0.15, -0.1) is 0 Å². The standard InChI is InChI=1S/C49H39N3.C7H8.C2H6/c1-33-16-11-12-23-43(33)46-31-39(27-26-34(46)2)40-28-29-45-44-24-13-14-25-47(44)52(48(45)32-40)42-22-15-21-41(30-42)49(50-35(3)37-17-7-5-8-18-37)51-36(4)38-19-9-6-10-20-38;1-7-5-3-2-4-6-7;1-2/h5-32H,3H2,1-2,4H3;2-6H,1H3;1-2H3. The molecule has 0 amide bonds. The van der Waals surface area contributed by atoms with E-state index < -0.39 is 0 Å². The Hall–Kier alpha value is -7.36. The van der Waals surface area contributed by atoms with E-state index in [1.165, 1.54) is 49.7 Å². The van der Waals surface area contributed by atoms with Crippen molar-refractivity contribution in [3.05, 3.63) is 240 Å².